The summed E-state index contributed by atoms with van der Waals surface area (Å²) in [7, 11) is 1.67. The number of rotatable bonds is 1. The fourth-order valence-corrected chi connectivity index (χ4v) is 1.57. The van der Waals surface area contributed by atoms with E-state index in [0.717, 1.165) is 19.3 Å². The molecule has 0 aromatic heterocycles. The van der Waals surface area contributed by atoms with Gasteiger partial charge in [0.15, 0.2) is 0 Å². The Kier molecular flexibility index (Phi) is 2.69. The normalized spacial score (nSPS) is 41.7. The molecule has 0 aromatic rings. The summed E-state index contributed by atoms with van der Waals surface area (Å²) in [5.41, 5.74) is 0. The highest BCUT2D eigenvalue weighted by atomic mass is 16.5. The SMILES string of the molecule is CO[C@@H]1CC(C)CC[C@H]1O. The van der Waals surface area contributed by atoms with Crippen molar-refractivity contribution in [3.05, 3.63) is 0 Å². The van der Waals surface area contributed by atoms with E-state index < -0.39 is 0 Å². The van der Waals surface area contributed by atoms with Gasteiger partial charge in [-0.2, -0.15) is 0 Å². The fraction of sp³-hybridized carbons (Fsp3) is 1.00. The summed E-state index contributed by atoms with van der Waals surface area (Å²) in [5, 5.41) is 9.36. The summed E-state index contributed by atoms with van der Waals surface area (Å²) >= 11 is 0. The maximum absolute atomic E-state index is 9.36. The number of hydrogen-bond acceptors (Lipinski definition) is 2. The van der Waals surface area contributed by atoms with Crippen LogP contribution >= 0.6 is 0 Å². The molecule has 1 fully saturated rings. The van der Waals surface area contributed by atoms with E-state index in [1.165, 1.54) is 0 Å². The average molecular weight is 144 g/mol. The van der Waals surface area contributed by atoms with Gasteiger partial charge in [0, 0.05) is 7.11 Å². The first kappa shape index (κ1) is 8.02. The molecule has 1 aliphatic carbocycles. The molecular weight excluding hydrogens is 128 g/mol. The fourth-order valence-electron chi connectivity index (χ4n) is 1.57. The minimum absolute atomic E-state index is 0.0868. The molecule has 0 saturated heterocycles. The Morgan fingerprint density at radius 1 is 1.40 bits per heavy atom. The number of aliphatic hydroxyl groups is 1. The van der Waals surface area contributed by atoms with E-state index >= 15 is 0 Å². The van der Waals surface area contributed by atoms with E-state index in [0.29, 0.717) is 5.92 Å². The standard InChI is InChI=1S/C8H16O2/c1-6-3-4-7(9)8(5-6)10-2/h6-9H,3-5H2,1-2H3/t6?,7-,8-/m1/s1. The van der Waals surface area contributed by atoms with E-state index in [4.69, 9.17) is 4.74 Å². The van der Waals surface area contributed by atoms with Gasteiger partial charge in [0.25, 0.3) is 0 Å². The molecule has 1 N–H and O–H groups in total. The molecule has 0 spiro atoms. The molecule has 2 nitrogen and oxygen atoms in total. The third-order valence-corrected chi connectivity index (χ3v) is 2.32. The van der Waals surface area contributed by atoms with Gasteiger partial charge < -0.3 is 9.84 Å². The van der Waals surface area contributed by atoms with Gasteiger partial charge in [0.05, 0.1) is 12.2 Å². The molecule has 1 rings (SSSR count). The quantitative estimate of drug-likeness (QED) is 0.599. The lowest BCUT2D eigenvalue weighted by molar-refractivity contribution is -0.0481. The second-order valence-electron chi connectivity index (χ2n) is 3.26. The van der Waals surface area contributed by atoms with Gasteiger partial charge in [0.1, 0.15) is 0 Å². The summed E-state index contributed by atoms with van der Waals surface area (Å²) in [4.78, 5) is 0. The van der Waals surface area contributed by atoms with E-state index in [9.17, 15) is 5.11 Å². The molecule has 0 aliphatic heterocycles. The smallest absolute Gasteiger partial charge is 0.0832 e. The maximum atomic E-state index is 9.36. The van der Waals surface area contributed by atoms with Crippen LogP contribution in [0.25, 0.3) is 0 Å². The van der Waals surface area contributed by atoms with Crippen LogP contribution in [0.15, 0.2) is 0 Å². The van der Waals surface area contributed by atoms with Gasteiger partial charge in [0.2, 0.25) is 0 Å². The zero-order valence-electron chi connectivity index (χ0n) is 6.71. The van der Waals surface area contributed by atoms with Gasteiger partial charge in [-0.25, -0.2) is 0 Å². The predicted molar refractivity (Wildman–Crippen MR) is 39.8 cm³/mol. The van der Waals surface area contributed by atoms with Crippen LogP contribution in [0.1, 0.15) is 26.2 Å². The zero-order chi connectivity index (χ0) is 7.56. The van der Waals surface area contributed by atoms with Gasteiger partial charge in [-0.15, -0.1) is 0 Å². The van der Waals surface area contributed by atoms with Crippen LogP contribution in [0.4, 0.5) is 0 Å². The lowest BCUT2D eigenvalue weighted by Gasteiger charge is -2.30. The first-order valence-electron chi connectivity index (χ1n) is 3.95. The van der Waals surface area contributed by atoms with Gasteiger partial charge in [-0.05, 0) is 25.2 Å². The lowest BCUT2D eigenvalue weighted by atomic mass is 9.87. The van der Waals surface area contributed by atoms with Crippen molar-refractivity contribution < 1.29 is 9.84 Å². The largest absolute Gasteiger partial charge is 0.390 e. The molecule has 10 heavy (non-hydrogen) atoms. The molecular formula is C8H16O2. The molecule has 0 aromatic carbocycles. The van der Waals surface area contributed by atoms with Gasteiger partial charge in [-0.1, -0.05) is 6.92 Å². The molecule has 0 heterocycles. The third kappa shape index (κ3) is 1.70. The van der Waals surface area contributed by atoms with Crippen LogP contribution in [-0.4, -0.2) is 24.4 Å². The van der Waals surface area contributed by atoms with Crippen molar-refractivity contribution in [1.82, 2.24) is 0 Å². The summed E-state index contributed by atoms with van der Waals surface area (Å²) in [6, 6.07) is 0. The summed E-state index contributed by atoms with van der Waals surface area (Å²) in [5.74, 6) is 0.716. The van der Waals surface area contributed by atoms with Crippen LogP contribution in [0.2, 0.25) is 0 Å². The van der Waals surface area contributed by atoms with Crippen molar-refractivity contribution in [3.63, 3.8) is 0 Å². The second-order valence-corrected chi connectivity index (χ2v) is 3.26. The highest BCUT2D eigenvalue weighted by Gasteiger charge is 2.26. The number of methoxy groups -OCH3 is 1. The van der Waals surface area contributed by atoms with Crippen molar-refractivity contribution in [2.75, 3.05) is 7.11 Å². The molecule has 0 bridgehead atoms. The molecule has 0 amide bonds. The van der Waals surface area contributed by atoms with Gasteiger partial charge in [-0.3, -0.25) is 0 Å². The van der Waals surface area contributed by atoms with Crippen LogP contribution in [0.5, 0.6) is 0 Å². The monoisotopic (exact) mass is 144 g/mol. The Morgan fingerprint density at radius 2 is 2.10 bits per heavy atom. The van der Waals surface area contributed by atoms with Crippen LogP contribution in [0, 0.1) is 5.92 Å². The van der Waals surface area contributed by atoms with Crippen LogP contribution in [0.3, 0.4) is 0 Å². The summed E-state index contributed by atoms with van der Waals surface area (Å²) in [6.45, 7) is 2.21. The summed E-state index contributed by atoms with van der Waals surface area (Å²) < 4.78 is 5.12. The topological polar surface area (TPSA) is 29.5 Å². The van der Waals surface area contributed by atoms with E-state index in [-0.39, 0.29) is 12.2 Å². The maximum Gasteiger partial charge on any atom is 0.0832 e. The van der Waals surface area contributed by atoms with Crippen molar-refractivity contribution in [2.45, 2.75) is 38.4 Å². The number of ether oxygens (including phenoxy) is 1. The van der Waals surface area contributed by atoms with Crippen molar-refractivity contribution in [1.29, 1.82) is 0 Å². The molecule has 1 unspecified atom stereocenters. The molecule has 2 heteroatoms. The Hall–Kier alpha value is -0.0800. The molecule has 60 valence electrons. The Bertz CT molecular complexity index is 103. The number of aliphatic hydroxyl groups excluding tert-OH is 1. The van der Waals surface area contributed by atoms with Crippen molar-refractivity contribution in [2.24, 2.45) is 5.92 Å². The third-order valence-electron chi connectivity index (χ3n) is 2.32. The highest BCUT2D eigenvalue weighted by Crippen LogP contribution is 2.25. The highest BCUT2D eigenvalue weighted by molar-refractivity contribution is 4.77. The second kappa shape index (κ2) is 3.35. The van der Waals surface area contributed by atoms with Gasteiger partial charge >= 0.3 is 0 Å². The first-order valence-corrected chi connectivity index (χ1v) is 3.95. The molecule has 1 aliphatic rings. The average Bonchev–Trinajstić information content (AvgIpc) is 1.94. The molecule has 0 radical (unpaired) electrons. The minimum atomic E-state index is -0.221. The predicted octanol–water partition coefficient (Wildman–Crippen LogP) is 1.18. The van der Waals surface area contributed by atoms with Crippen molar-refractivity contribution >= 4 is 0 Å². The van der Waals surface area contributed by atoms with E-state index in [1.54, 1.807) is 7.11 Å². The molecule has 3 atom stereocenters. The Balaban J connectivity index is 2.38. The first-order chi connectivity index (χ1) is 4.74. The Labute approximate surface area is 62.2 Å². The Morgan fingerprint density at radius 3 is 2.60 bits per heavy atom. The van der Waals surface area contributed by atoms with Crippen LogP contribution in [-0.2, 0) is 4.74 Å². The lowest BCUT2D eigenvalue weighted by Crippen LogP contribution is -2.34. The van der Waals surface area contributed by atoms with E-state index in [1.807, 2.05) is 0 Å². The van der Waals surface area contributed by atoms with Crippen molar-refractivity contribution in [3.8, 4) is 0 Å². The number of hydrogen-bond donors (Lipinski definition) is 1. The minimum Gasteiger partial charge on any atom is -0.390 e. The summed E-state index contributed by atoms with van der Waals surface area (Å²) in [6.07, 6.45) is 2.92. The van der Waals surface area contributed by atoms with E-state index in [2.05, 4.69) is 6.92 Å². The zero-order valence-corrected chi connectivity index (χ0v) is 6.71. The molecule has 1 saturated carbocycles. The van der Waals surface area contributed by atoms with Crippen LogP contribution < -0.4 is 0 Å².